The van der Waals surface area contributed by atoms with Crippen LogP contribution in [0.3, 0.4) is 0 Å². The molecule has 0 atom stereocenters. The Morgan fingerprint density at radius 2 is 1.80 bits per heavy atom. The zero-order valence-electron chi connectivity index (χ0n) is 19.3. The summed E-state index contributed by atoms with van der Waals surface area (Å²) in [6.45, 7) is 1.20. The molecular formula is C28H27FN4O2. The highest BCUT2D eigenvalue weighted by molar-refractivity contribution is 5.95. The van der Waals surface area contributed by atoms with Gasteiger partial charge in [-0.15, -0.1) is 0 Å². The predicted octanol–water partition coefficient (Wildman–Crippen LogP) is 5.18. The number of hydrogen-bond donors (Lipinski definition) is 2. The Bertz CT molecular complexity index is 1340. The topological polar surface area (TPSA) is 78.1 Å². The molecule has 1 aromatic heterocycles. The van der Waals surface area contributed by atoms with E-state index in [1.165, 1.54) is 12.1 Å². The number of aromatic amines is 1. The molecule has 7 heteroatoms. The number of aromatic nitrogens is 2. The first-order valence-corrected chi connectivity index (χ1v) is 11.9. The van der Waals surface area contributed by atoms with Crippen molar-refractivity contribution in [3.63, 3.8) is 0 Å². The number of imidazole rings is 1. The van der Waals surface area contributed by atoms with Crippen molar-refractivity contribution in [2.75, 3.05) is 18.4 Å². The Labute approximate surface area is 203 Å². The lowest BCUT2D eigenvalue weighted by Gasteiger charge is -2.31. The lowest BCUT2D eigenvalue weighted by atomic mass is 9.95. The van der Waals surface area contributed by atoms with Gasteiger partial charge in [-0.1, -0.05) is 42.5 Å². The number of fused-ring (bicyclic) bond motifs is 1. The molecule has 0 radical (unpaired) electrons. The molecule has 0 aliphatic carbocycles. The van der Waals surface area contributed by atoms with Crippen LogP contribution in [0.15, 0.2) is 72.8 Å². The van der Waals surface area contributed by atoms with E-state index in [1.807, 2.05) is 53.4 Å². The summed E-state index contributed by atoms with van der Waals surface area (Å²) in [6, 6.07) is 21.8. The number of halogens is 1. The second kappa shape index (κ2) is 10.1. The van der Waals surface area contributed by atoms with Gasteiger partial charge in [0.15, 0.2) is 0 Å². The molecule has 1 aliphatic rings. The van der Waals surface area contributed by atoms with Crippen molar-refractivity contribution in [3.05, 3.63) is 84.2 Å². The minimum Gasteiger partial charge on any atom is -0.343 e. The zero-order valence-corrected chi connectivity index (χ0v) is 19.3. The van der Waals surface area contributed by atoms with Crippen LogP contribution in [0, 0.1) is 11.7 Å². The summed E-state index contributed by atoms with van der Waals surface area (Å²) >= 11 is 0. The summed E-state index contributed by atoms with van der Waals surface area (Å²) < 4.78 is 13.6. The first-order chi connectivity index (χ1) is 17.0. The molecule has 5 rings (SSSR count). The molecule has 0 unspecified atom stereocenters. The lowest BCUT2D eigenvalue weighted by molar-refractivity contribution is -0.134. The van der Waals surface area contributed by atoms with E-state index in [0.717, 1.165) is 23.0 Å². The largest absolute Gasteiger partial charge is 0.343 e. The van der Waals surface area contributed by atoms with Gasteiger partial charge in [0.1, 0.15) is 11.6 Å². The van der Waals surface area contributed by atoms with Crippen molar-refractivity contribution in [3.8, 4) is 11.4 Å². The standard InChI is InChI=1S/C28H27FN4O2/c29-22-8-4-7-21(17-22)27-31-24-11-10-23(18-25(24)32-27)30-28(35)20-13-15-33(16-14-20)26(34)12-9-19-5-2-1-3-6-19/h1-8,10-11,17-18,20H,9,12-16H2,(H,30,35)(H,31,32). The number of H-pyrrole nitrogens is 1. The molecule has 0 spiro atoms. The van der Waals surface area contributed by atoms with Gasteiger partial charge >= 0.3 is 0 Å². The first-order valence-electron chi connectivity index (χ1n) is 11.9. The molecule has 2 N–H and O–H groups in total. The van der Waals surface area contributed by atoms with Crippen molar-refractivity contribution in [1.82, 2.24) is 14.9 Å². The SMILES string of the molecule is O=C(Nc1ccc2nc(-c3cccc(F)c3)[nH]c2c1)C1CCN(C(=O)CCc2ccccc2)CC1. The van der Waals surface area contributed by atoms with Gasteiger partial charge in [-0.25, -0.2) is 9.37 Å². The molecule has 6 nitrogen and oxygen atoms in total. The van der Waals surface area contributed by atoms with Gasteiger partial charge in [-0.05, 0) is 55.2 Å². The summed E-state index contributed by atoms with van der Waals surface area (Å²) in [5.41, 5.74) is 4.01. The molecular weight excluding hydrogens is 443 g/mol. The van der Waals surface area contributed by atoms with E-state index in [-0.39, 0.29) is 23.5 Å². The lowest BCUT2D eigenvalue weighted by Crippen LogP contribution is -2.41. The van der Waals surface area contributed by atoms with Gasteiger partial charge in [-0.2, -0.15) is 0 Å². The maximum absolute atomic E-state index is 13.6. The Hall–Kier alpha value is -4.00. The van der Waals surface area contributed by atoms with Gasteiger partial charge in [-0.3, -0.25) is 9.59 Å². The van der Waals surface area contributed by atoms with E-state index in [4.69, 9.17) is 0 Å². The minimum absolute atomic E-state index is 0.0365. The molecule has 4 aromatic rings. The fourth-order valence-corrected chi connectivity index (χ4v) is 4.55. The average Bonchev–Trinajstić information content (AvgIpc) is 3.31. The number of anilines is 1. The maximum atomic E-state index is 13.6. The summed E-state index contributed by atoms with van der Waals surface area (Å²) in [4.78, 5) is 35.0. The fraction of sp³-hybridized carbons (Fsp3) is 0.250. The molecule has 2 heterocycles. The molecule has 3 aromatic carbocycles. The number of rotatable bonds is 6. The van der Waals surface area contributed by atoms with Gasteiger partial charge < -0.3 is 15.2 Å². The average molecular weight is 471 g/mol. The Morgan fingerprint density at radius 1 is 1.00 bits per heavy atom. The monoisotopic (exact) mass is 470 g/mol. The van der Waals surface area contributed by atoms with E-state index >= 15 is 0 Å². The van der Waals surface area contributed by atoms with E-state index in [1.54, 1.807) is 12.1 Å². The Kier molecular flexibility index (Phi) is 6.57. The Morgan fingerprint density at radius 3 is 2.57 bits per heavy atom. The van der Waals surface area contributed by atoms with Crippen molar-refractivity contribution in [2.24, 2.45) is 5.92 Å². The number of likely N-dealkylation sites (tertiary alicyclic amines) is 1. The number of carbonyl (C=O) groups is 2. The molecule has 0 saturated carbocycles. The highest BCUT2D eigenvalue weighted by Crippen LogP contribution is 2.25. The van der Waals surface area contributed by atoms with Crippen LogP contribution >= 0.6 is 0 Å². The molecule has 1 fully saturated rings. The number of amides is 2. The number of piperidine rings is 1. The van der Waals surface area contributed by atoms with Gasteiger partial charge in [0.2, 0.25) is 11.8 Å². The number of carbonyl (C=O) groups excluding carboxylic acids is 2. The first kappa shape index (κ1) is 22.8. The minimum atomic E-state index is -0.320. The van der Waals surface area contributed by atoms with Crippen LogP contribution in [0.25, 0.3) is 22.4 Å². The Balaban J connectivity index is 1.16. The number of nitrogens with one attached hydrogen (secondary N) is 2. The third-order valence-electron chi connectivity index (χ3n) is 6.54. The predicted molar refractivity (Wildman–Crippen MR) is 134 cm³/mol. The molecule has 35 heavy (non-hydrogen) atoms. The van der Waals surface area contributed by atoms with Gasteiger partial charge in [0.05, 0.1) is 11.0 Å². The van der Waals surface area contributed by atoms with Crippen molar-refractivity contribution < 1.29 is 14.0 Å². The highest BCUT2D eigenvalue weighted by atomic mass is 19.1. The van der Waals surface area contributed by atoms with Gasteiger partial charge in [0.25, 0.3) is 0 Å². The quantitative estimate of drug-likeness (QED) is 0.408. The van der Waals surface area contributed by atoms with Gasteiger partial charge in [0, 0.05) is 36.7 Å². The van der Waals surface area contributed by atoms with E-state index in [2.05, 4.69) is 15.3 Å². The maximum Gasteiger partial charge on any atom is 0.227 e. The van der Waals surface area contributed by atoms with E-state index in [9.17, 15) is 14.0 Å². The number of benzene rings is 3. The van der Waals surface area contributed by atoms with Crippen molar-refractivity contribution >= 4 is 28.5 Å². The normalized spacial score (nSPS) is 14.3. The van der Waals surface area contributed by atoms with Crippen LogP contribution in [0.2, 0.25) is 0 Å². The van der Waals surface area contributed by atoms with E-state index < -0.39 is 0 Å². The van der Waals surface area contributed by atoms with Crippen molar-refractivity contribution in [1.29, 1.82) is 0 Å². The van der Waals surface area contributed by atoms with Crippen LogP contribution in [-0.2, 0) is 16.0 Å². The smallest absolute Gasteiger partial charge is 0.227 e. The van der Waals surface area contributed by atoms with Crippen LogP contribution in [0.5, 0.6) is 0 Å². The number of hydrogen-bond acceptors (Lipinski definition) is 3. The van der Waals surface area contributed by atoms with Crippen LogP contribution < -0.4 is 5.32 Å². The third-order valence-corrected chi connectivity index (χ3v) is 6.54. The van der Waals surface area contributed by atoms with Crippen molar-refractivity contribution in [2.45, 2.75) is 25.7 Å². The zero-order chi connectivity index (χ0) is 24.2. The molecule has 178 valence electrons. The molecule has 1 aliphatic heterocycles. The summed E-state index contributed by atoms with van der Waals surface area (Å²) in [6.07, 6.45) is 2.53. The second-order valence-electron chi connectivity index (χ2n) is 8.96. The fourth-order valence-electron chi connectivity index (χ4n) is 4.55. The third kappa shape index (κ3) is 5.40. The van der Waals surface area contributed by atoms with Crippen LogP contribution in [0.1, 0.15) is 24.8 Å². The molecule has 2 amide bonds. The summed E-state index contributed by atoms with van der Waals surface area (Å²) in [5, 5.41) is 3.00. The highest BCUT2D eigenvalue weighted by Gasteiger charge is 2.27. The van der Waals surface area contributed by atoms with Crippen LogP contribution in [0.4, 0.5) is 10.1 Å². The summed E-state index contributed by atoms with van der Waals surface area (Å²) in [7, 11) is 0. The second-order valence-corrected chi connectivity index (χ2v) is 8.96. The number of nitrogens with zero attached hydrogens (tertiary/aromatic N) is 2. The van der Waals surface area contributed by atoms with E-state index in [0.29, 0.717) is 49.4 Å². The summed E-state index contributed by atoms with van der Waals surface area (Å²) in [5.74, 6) is 0.234. The molecule has 0 bridgehead atoms. The molecule has 1 saturated heterocycles. The van der Waals surface area contributed by atoms with Crippen LogP contribution in [-0.4, -0.2) is 39.8 Å². The number of aryl methyl sites for hydroxylation is 1.